The van der Waals surface area contributed by atoms with Gasteiger partial charge in [0.05, 0.1) is 11.4 Å². The van der Waals surface area contributed by atoms with Gasteiger partial charge in [0.15, 0.2) is 0 Å². The summed E-state index contributed by atoms with van der Waals surface area (Å²) in [7, 11) is -4.06. The van der Waals surface area contributed by atoms with Gasteiger partial charge in [-0.3, -0.25) is 9.59 Å². The lowest BCUT2D eigenvalue weighted by Gasteiger charge is -2.12. The SMILES string of the molecule is CCCCC(=O)NS(=O)(=O)c1ccccc1-c1ccc(Cn2nc(CC)sc2=NC(=O)C2=C(C(=O)O)CCC2)cc1. The highest BCUT2D eigenvalue weighted by Gasteiger charge is 2.25. The number of sulfonamides is 1. The fourth-order valence-electron chi connectivity index (χ4n) is 4.55. The summed E-state index contributed by atoms with van der Waals surface area (Å²) >= 11 is 1.28. The van der Waals surface area contributed by atoms with Crippen LogP contribution in [0.5, 0.6) is 0 Å². The molecule has 12 heteroatoms. The zero-order valence-electron chi connectivity index (χ0n) is 22.9. The summed E-state index contributed by atoms with van der Waals surface area (Å²) in [4.78, 5) is 41.1. The minimum Gasteiger partial charge on any atom is -0.478 e. The summed E-state index contributed by atoms with van der Waals surface area (Å²) in [6.45, 7) is 4.18. The molecule has 10 nitrogen and oxygen atoms in total. The van der Waals surface area contributed by atoms with Gasteiger partial charge >= 0.3 is 5.97 Å². The Kier molecular flexibility index (Phi) is 9.66. The van der Waals surface area contributed by atoms with Crippen LogP contribution in [0.25, 0.3) is 11.1 Å². The average Bonchev–Trinajstić information content (AvgIpc) is 3.60. The number of carboxylic acid groups (broad SMARTS) is 1. The molecule has 0 saturated heterocycles. The van der Waals surface area contributed by atoms with Crippen molar-refractivity contribution in [3.8, 4) is 11.1 Å². The number of benzene rings is 2. The highest BCUT2D eigenvalue weighted by molar-refractivity contribution is 7.90. The summed E-state index contributed by atoms with van der Waals surface area (Å²) in [5.41, 5.74) is 2.33. The Balaban J connectivity index is 1.60. The smallest absolute Gasteiger partial charge is 0.332 e. The van der Waals surface area contributed by atoms with Gasteiger partial charge in [0.25, 0.3) is 15.9 Å². The number of aryl methyl sites for hydroxylation is 1. The maximum absolute atomic E-state index is 13.0. The van der Waals surface area contributed by atoms with Gasteiger partial charge in [0, 0.05) is 23.1 Å². The van der Waals surface area contributed by atoms with Crippen LogP contribution in [0.15, 0.2) is 69.6 Å². The van der Waals surface area contributed by atoms with Gasteiger partial charge in [-0.25, -0.2) is 22.6 Å². The van der Waals surface area contributed by atoms with Gasteiger partial charge in [-0.05, 0) is 49.3 Å². The van der Waals surface area contributed by atoms with Crippen LogP contribution in [0, 0.1) is 0 Å². The number of rotatable bonds is 11. The third-order valence-electron chi connectivity index (χ3n) is 6.68. The molecule has 216 valence electrons. The number of unbranched alkanes of at least 4 members (excludes halogenated alkanes) is 1. The van der Waals surface area contributed by atoms with E-state index in [0.717, 1.165) is 17.0 Å². The van der Waals surface area contributed by atoms with Crippen LogP contribution in [-0.2, 0) is 37.4 Å². The van der Waals surface area contributed by atoms with E-state index in [-0.39, 0.29) is 22.5 Å². The second-order valence-electron chi connectivity index (χ2n) is 9.65. The Hall–Kier alpha value is -3.90. The van der Waals surface area contributed by atoms with Gasteiger partial charge in [0.1, 0.15) is 5.01 Å². The molecule has 0 fully saturated rings. The van der Waals surface area contributed by atoms with Gasteiger partial charge in [-0.2, -0.15) is 10.1 Å². The molecule has 3 aromatic rings. The third kappa shape index (κ3) is 7.25. The number of aromatic nitrogens is 2. The molecule has 2 N–H and O–H groups in total. The van der Waals surface area contributed by atoms with Crippen molar-refractivity contribution in [3.05, 3.63) is 75.0 Å². The first-order valence-corrected chi connectivity index (χ1v) is 15.8. The molecule has 2 aromatic carbocycles. The highest BCUT2D eigenvalue weighted by atomic mass is 32.2. The summed E-state index contributed by atoms with van der Waals surface area (Å²) in [5.74, 6) is -2.16. The van der Waals surface area contributed by atoms with Gasteiger partial charge in [-0.1, -0.05) is 74.1 Å². The predicted octanol–water partition coefficient (Wildman–Crippen LogP) is 4.21. The van der Waals surface area contributed by atoms with Crippen molar-refractivity contribution in [2.24, 2.45) is 4.99 Å². The van der Waals surface area contributed by atoms with Crippen molar-refractivity contribution in [2.75, 3.05) is 0 Å². The second-order valence-corrected chi connectivity index (χ2v) is 12.3. The van der Waals surface area contributed by atoms with Crippen LogP contribution < -0.4 is 9.52 Å². The molecule has 1 heterocycles. The fourth-order valence-corrected chi connectivity index (χ4v) is 6.63. The topological polar surface area (TPSA) is 148 Å². The normalized spacial score (nSPS) is 14.0. The third-order valence-corrected chi connectivity index (χ3v) is 9.20. The molecule has 0 spiro atoms. The van der Waals surface area contributed by atoms with Crippen LogP contribution in [0.2, 0.25) is 0 Å². The summed E-state index contributed by atoms with van der Waals surface area (Å²) in [5, 5.41) is 14.8. The van der Waals surface area contributed by atoms with Crippen LogP contribution in [0.1, 0.15) is 62.9 Å². The lowest BCUT2D eigenvalue weighted by Crippen LogP contribution is -2.30. The number of aliphatic carboxylic acids is 1. The van der Waals surface area contributed by atoms with E-state index in [1.807, 2.05) is 26.0 Å². The maximum Gasteiger partial charge on any atom is 0.332 e. The molecular weight excluding hydrogens is 564 g/mol. The fraction of sp³-hybridized carbons (Fsp3) is 0.345. The first kappa shape index (κ1) is 30.1. The average molecular weight is 597 g/mol. The number of carbonyl (C=O) groups excluding carboxylic acids is 2. The van der Waals surface area contributed by atoms with Crippen molar-refractivity contribution in [3.63, 3.8) is 0 Å². The number of carboxylic acids is 1. The molecule has 1 aliphatic rings. The molecule has 0 unspecified atom stereocenters. The Labute approximate surface area is 242 Å². The standard InChI is InChI=1S/C29H32N4O6S2/c1-3-5-13-25(34)32-41(38,39)24-12-7-6-9-21(24)20-16-14-19(15-17-20)18-33-29(40-26(4-2)31-33)30-27(35)22-10-8-11-23(22)28(36)37/h6-7,9,12,14-17H,3-5,8,10-11,13,18H2,1-2H3,(H,32,34)(H,36,37). The van der Waals surface area contributed by atoms with E-state index in [0.29, 0.717) is 54.6 Å². The first-order valence-electron chi connectivity index (χ1n) is 13.5. The predicted molar refractivity (Wildman–Crippen MR) is 154 cm³/mol. The Morgan fingerprint density at radius 1 is 1.05 bits per heavy atom. The second kappa shape index (κ2) is 13.2. The first-order chi connectivity index (χ1) is 19.6. The minimum atomic E-state index is -4.06. The molecule has 1 aromatic heterocycles. The quantitative estimate of drug-likeness (QED) is 0.337. The van der Waals surface area contributed by atoms with Gasteiger partial charge < -0.3 is 5.11 Å². The van der Waals surface area contributed by atoms with Crippen molar-refractivity contribution >= 4 is 39.1 Å². The zero-order chi connectivity index (χ0) is 29.6. The lowest BCUT2D eigenvalue weighted by atomic mass is 10.0. The minimum absolute atomic E-state index is 0.0145. The molecule has 0 saturated carbocycles. The van der Waals surface area contributed by atoms with E-state index >= 15 is 0 Å². The number of carbonyl (C=O) groups is 3. The Bertz CT molecular complexity index is 1670. The van der Waals surface area contributed by atoms with Crippen LogP contribution in [0.4, 0.5) is 0 Å². The van der Waals surface area contributed by atoms with Crippen molar-refractivity contribution in [2.45, 2.75) is 70.2 Å². The van der Waals surface area contributed by atoms with Crippen molar-refractivity contribution < 1.29 is 27.9 Å². The molecule has 41 heavy (non-hydrogen) atoms. The molecule has 0 radical (unpaired) electrons. The number of hydrogen-bond donors (Lipinski definition) is 2. The van der Waals surface area contributed by atoms with Crippen molar-refractivity contribution in [1.82, 2.24) is 14.5 Å². The Morgan fingerprint density at radius 2 is 1.76 bits per heavy atom. The molecule has 0 aliphatic heterocycles. The van der Waals surface area contributed by atoms with E-state index in [2.05, 4.69) is 14.8 Å². The van der Waals surface area contributed by atoms with E-state index in [9.17, 15) is 27.9 Å². The molecule has 1 aliphatic carbocycles. The summed E-state index contributed by atoms with van der Waals surface area (Å²) < 4.78 is 29.8. The number of nitrogens with zero attached hydrogens (tertiary/aromatic N) is 3. The maximum atomic E-state index is 13.0. The van der Waals surface area contributed by atoms with Crippen molar-refractivity contribution in [1.29, 1.82) is 0 Å². The number of amides is 2. The number of nitrogens with one attached hydrogen (secondary N) is 1. The van der Waals surface area contributed by atoms with E-state index in [4.69, 9.17) is 0 Å². The monoisotopic (exact) mass is 596 g/mol. The Morgan fingerprint density at radius 3 is 2.44 bits per heavy atom. The molecule has 4 rings (SSSR count). The van der Waals surface area contributed by atoms with Crippen LogP contribution >= 0.6 is 11.3 Å². The molecular formula is C29H32N4O6S2. The highest BCUT2D eigenvalue weighted by Crippen LogP contribution is 2.28. The zero-order valence-corrected chi connectivity index (χ0v) is 24.6. The molecule has 0 atom stereocenters. The van der Waals surface area contributed by atoms with E-state index in [1.54, 1.807) is 35.0 Å². The van der Waals surface area contributed by atoms with Crippen LogP contribution in [0.3, 0.4) is 0 Å². The summed E-state index contributed by atoms with van der Waals surface area (Å²) in [6.07, 6.45) is 3.54. The summed E-state index contributed by atoms with van der Waals surface area (Å²) in [6, 6.07) is 13.8. The molecule has 2 amide bonds. The van der Waals surface area contributed by atoms with Crippen LogP contribution in [-0.4, -0.2) is 41.1 Å². The van der Waals surface area contributed by atoms with E-state index < -0.39 is 27.8 Å². The lowest BCUT2D eigenvalue weighted by molar-refractivity contribution is -0.133. The number of hydrogen-bond acceptors (Lipinski definition) is 7. The van der Waals surface area contributed by atoms with Gasteiger partial charge in [-0.15, -0.1) is 0 Å². The largest absolute Gasteiger partial charge is 0.478 e. The van der Waals surface area contributed by atoms with Gasteiger partial charge in [0.2, 0.25) is 10.7 Å². The van der Waals surface area contributed by atoms with E-state index in [1.165, 1.54) is 17.4 Å². The molecule has 0 bridgehead atoms.